The highest BCUT2D eigenvalue weighted by Crippen LogP contribution is 2.28. The van der Waals surface area contributed by atoms with Gasteiger partial charge >= 0.3 is 0 Å². The van der Waals surface area contributed by atoms with Crippen LogP contribution in [0.25, 0.3) is 0 Å². The number of nitrogens with one attached hydrogen (secondary N) is 1. The van der Waals surface area contributed by atoms with Crippen LogP contribution < -0.4 is 5.32 Å². The van der Waals surface area contributed by atoms with Gasteiger partial charge < -0.3 is 10.2 Å². The van der Waals surface area contributed by atoms with E-state index in [-0.39, 0.29) is 11.1 Å². The molecule has 0 aliphatic rings. The Balaban J connectivity index is 2.71. The predicted octanol–water partition coefficient (Wildman–Crippen LogP) is 3.25. The highest BCUT2D eigenvalue weighted by molar-refractivity contribution is 6.33. The van der Waals surface area contributed by atoms with E-state index in [1.54, 1.807) is 6.07 Å². The van der Waals surface area contributed by atoms with Gasteiger partial charge in [-0.1, -0.05) is 25.4 Å². The number of non-ortho nitro benzene ring substituents is 1. The van der Waals surface area contributed by atoms with E-state index in [9.17, 15) is 10.1 Å². The topological polar surface area (TPSA) is 58.4 Å². The van der Waals surface area contributed by atoms with Crippen LogP contribution in [0.3, 0.4) is 0 Å². The van der Waals surface area contributed by atoms with Gasteiger partial charge in [-0.2, -0.15) is 0 Å². The Bertz CT molecular complexity index is 461. The maximum atomic E-state index is 10.6. The zero-order valence-corrected chi connectivity index (χ0v) is 12.5. The minimum Gasteiger partial charge on any atom is -0.383 e. The molecule has 1 aromatic carbocycles. The second-order valence-corrected chi connectivity index (χ2v) is 6.08. The third kappa shape index (κ3) is 5.04. The molecule has 0 aliphatic heterocycles. The molecule has 0 spiro atoms. The SMILES string of the molecule is CN(C)CC(C)(C)CNc1ccc([N+](=O)[O-])cc1Cl. The first-order chi connectivity index (χ1) is 8.71. The lowest BCUT2D eigenvalue weighted by molar-refractivity contribution is -0.384. The number of hydrogen-bond donors (Lipinski definition) is 1. The summed E-state index contributed by atoms with van der Waals surface area (Å²) in [6, 6.07) is 4.46. The summed E-state index contributed by atoms with van der Waals surface area (Å²) in [6.45, 7) is 5.98. The van der Waals surface area contributed by atoms with Crippen molar-refractivity contribution in [3.8, 4) is 0 Å². The minimum absolute atomic E-state index is 0.00287. The van der Waals surface area contributed by atoms with E-state index < -0.39 is 4.92 Å². The number of nitro benzene ring substituents is 1. The highest BCUT2D eigenvalue weighted by atomic mass is 35.5. The van der Waals surface area contributed by atoms with Crippen molar-refractivity contribution in [1.29, 1.82) is 0 Å². The lowest BCUT2D eigenvalue weighted by Crippen LogP contribution is -2.34. The zero-order chi connectivity index (χ0) is 14.6. The number of benzene rings is 1. The zero-order valence-electron chi connectivity index (χ0n) is 11.7. The molecule has 0 saturated heterocycles. The predicted molar refractivity (Wildman–Crippen MR) is 78.9 cm³/mol. The van der Waals surface area contributed by atoms with E-state index >= 15 is 0 Å². The summed E-state index contributed by atoms with van der Waals surface area (Å²) in [5.41, 5.74) is 0.802. The molecule has 19 heavy (non-hydrogen) atoms. The van der Waals surface area contributed by atoms with Gasteiger partial charge in [0.2, 0.25) is 0 Å². The molecule has 0 heterocycles. The van der Waals surface area contributed by atoms with Gasteiger partial charge in [-0.3, -0.25) is 10.1 Å². The smallest absolute Gasteiger partial charge is 0.271 e. The summed E-state index contributed by atoms with van der Waals surface area (Å²) in [6.07, 6.45) is 0. The molecule has 5 nitrogen and oxygen atoms in total. The number of hydrogen-bond acceptors (Lipinski definition) is 4. The van der Waals surface area contributed by atoms with Gasteiger partial charge in [0.25, 0.3) is 5.69 Å². The number of anilines is 1. The van der Waals surface area contributed by atoms with Crippen molar-refractivity contribution < 1.29 is 4.92 Å². The minimum atomic E-state index is -0.453. The number of rotatable bonds is 6. The fraction of sp³-hybridized carbons (Fsp3) is 0.538. The first kappa shape index (κ1) is 15.7. The molecule has 106 valence electrons. The van der Waals surface area contributed by atoms with Crippen molar-refractivity contribution >= 4 is 23.0 Å². The molecular weight excluding hydrogens is 266 g/mol. The van der Waals surface area contributed by atoms with Crippen molar-refractivity contribution in [2.24, 2.45) is 5.41 Å². The maximum Gasteiger partial charge on any atom is 0.271 e. The average Bonchev–Trinajstić information content (AvgIpc) is 2.25. The van der Waals surface area contributed by atoms with Gasteiger partial charge in [-0.25, -0.2) is 0 Å². The maximum absolute atomic E-state index is 10.6. The molecule has 0 unspecified atom stereocenters. The monoisotopic (exact) mass is 285 g/mol. The molecule has 1 N–H and O–H groups in total. The summed E-state index contributed by atoms with van der Waals surface area (Å²) >= 11 is 6.03. The molecule has 0 aromatic heterocycles. The lowest BCUT2D eigenvalue weighted by Gasteiger charge is -2.29. The van der Waals surface area contributed by atoms with Crippen molar-refractivity contribution in [2.75, 3.05) is 32.5 Å². The van der Waals surface area contributed by atoms with E-state index in [0.29, 0.717) is 5.02 Å². The van der Waals surface area contributed by atoms with Crippen LogP contribution in [-0.4, -0.2) is 37.0 Å². The van der Waals surface area contributed by atoms with Crippen LogP contribution in [0.2, 0.25) is 5.02 Å². The standard InChI is InChI=1S/C13H20ClN3O2/c1-13(2,9-16(3)4)8-15-12-6-5-10(17(18)19)7-11(12)14/h5-7,15H,8-9H2,1-4H3. The third-order valence-corrected chi connectivity index (χ3v) is 2.98. The summed E-state index contributed by atoms with van der Waals surface area (Å²) in [5.74, 6) is 0. The van der Waals surface area contributed by atoms with E-state index in [2.05, 4.69) is 24.1 Å². The molecule has 0 amide bonds. The Labute approximate surface area is 118 Å². The molecule has 0 atom stereocenters. The summed E-state index contributed by atoms with van der Waals surface area (Å²) < 4.78 is 0. The largest absolute Gasteiger partial charge is 0.383 e. The van der Waals surface area contributed by atoms with E-state index in [1.165, 1.54) is 12.1 Å². The van der Waals surface area contributed by atoms with E-state index in [1.807, 2.05) is 14.1 Å². The Morgan fingerprint density at radius 2 is 2.05 bits per heavy atom. The van der Waals surface area contributed by atoms with Crippen LogP contribution in [0, 0.1) is 15.5 Å². The Morgan fingerprint density at radius 1 is 1.42 bits per heavy atom. The second-order valence-electron chi connectivity index (χ2n) is 5.68. The van der Waals surface area contributed by atoms with Crippen LogP contribution in [0.15, 0.2) is 18.2 Å². The van der Waals surface area contributed by atoms with Gasteiger partial charge in [0.15, 0.2) is 0 Å². The lowest BCUT2D eigenvalue weighted by atomic mass is 9.93. The van der Waals surface area contributed by atoms with E-state index in [4.69, 9.17) is 11.6 Å². The first-order valence-corrected chi connectivity index (χ1v) is 6.42. The number of nitrogens with zero attached hydrogens (tertiary/aromatic N) is 2. The molecule has 1 rings (SSSR count). The van der Waals surface area contributed by atoms with Crippen molar-refractivity contribution in [2.45, 2.75) is 13.8 Å². The van der Waals surface area contributed by atoms with Crippen LogP contribution in [0.5, 0.6) is 0 Å². The summed E-state index contributed by atoms with van der Waals surface area (Å²) in [4.78, 5) is 12.3. The normalized spacial score (nSPS) is 11.7. The Hall–Kier alpha value is -1.33. The van der Waals surface area contributed by atoms with Crippen molar-refractivity contribution in [3.05, 3.63) is 33.3 Å². The molecule has 0 fully saturated rings. The number of halogens is 1. The first-order valence-electron chi connectivity index (χ1n) is 6.04. The van der Waals surface area contributed by atoms with Gasteiger partial charge in [0.1, 0.15) is 0 Å². The van der Waals surface area contributed by atoms with Crippen LogP contribution in [0.4, 0.5) is 11.4 Å². The molecule has 1 aromatic rings. The molecule has 6 heteroatoms. The van der Waals surface area contributed by atoms with Gasteiger partial charge in [0.05, 0.1) is 15.6 Å². The molecule has 0 bridgehead atoms. The second kappa shape index (κ2) is 6.21. The van der Waals surface area contributed by atoms with E-state index in [0.717, 1.165) is 18.8 Å². The quantitative estimate of drug-likeness (QED) is 0.644. The fourth-order valence-corrected chi connectivity index (χ4v) is 2.25. The van der Waals surface area contributed by atoms with Crippen molar-refractivity contribution in [1.82, 2.24) is 4.90 Å². The Morgan fingerprint density at radius 3 is 2.53 bits per heavy atom. The van der Waals surface area contributed by atoms with Crippen LogP contribution in [-0.2, 0) is 0 Å². The number of nitro groups is 1. The average molecular weight is 286 g/mol. The fourth-order valence-electron chi connectivity index (χ4n) is 2.01. The highest BCUT2D eigenvalue weighted by Gasteiger charge is 2.19. The van der Waals surface area contributed by atoms with Crippen LogP contribution >= 0.6 is 11.6 Å². The molecule has 0 radical (unpaired) electrons. The van der Waals surface area contributed by atoms with Gasteiger partial charge in [-0.15, -0.1) is 0 Å². The summed E-state index contributed by atoms with van der Waals surface area (Å²) in [7, 11) is 4.06. The summed E-state index contributed by atoms with van der Waals surface area (Å²) in [5, 5.41) is 14.2. The third-order valence-electron chi connectivity index (χ3n) is 2.67. The van der Waals surface area contributed by atoms with Crippen LogP contribution in [0.1, 0.15) is 13.8 Å². The van der Waals surface area contributed by atoms with Gasteiger partial charge in [0, 0.05) is 25.2 Å². The van der Waals surface area contributed by atoms with Crippen molar-refractivity contribution in [3.63, 3.8) is 0 Å². The van der Waals surface area contributed by atoms with Gasteiger partial charge in [-0.05, 0) is 25.6 Å². The molecular formula is C13H20ClN3O2. The Kier molecular flexibility index (Phi) is 5.14. The molecule has 0 aliphatic carbocycles. The molecule has 0 saturated carbocycles.